The summed E-state index contributed by atoms with van der Waals surface area (Å²) >= 11 is 0. The average Bonchev–Trinajstić information content (AvgIpc) is 2.92. The lowest BCUT2D eigenvalue weighted by Gasteiger charge is -2.14. The Hall–Kier alpha value is -1.60. The van der Waals surface area contributed by atoms with Gasteiger partial charge in [-0.1, -0.05) is 0 Å². The summed E-state index contributed by atoms with van der Waals surface area (Å²) in [6, 6.07) is 0. The molecule has 1 N–H and O–H groups in total. The third kappa shape index (κ3) is 1.67. The molecule has 90 valence electrons. The smallest absolute Gasteiger partial charge is 0.168 e. The molecule has 17 heavy (non-hydrogen) atoms. The van der Waals surface area contributed by atoms with Crippen molar-refractivity contribution >= 4 is 11.2 Å². The van der Waals surface area contributed by atoms with Crippen molar-refractivity contribution in [3.05, 3.63) is 18.9 Å². The summed E-state index contributed by atoms with van der Waals surface area (Å²) < 4.78 is 20.7. The minimum Gasteiger partial charge on any atom is -0.394 e. The van der Waals surface area contributed by atoms with E-state index in [0.717, 1.165) is 0 Å². The molecule has 7 heteroatoms. The fourth-order valence-electron chi connectivity index (χ4n) is 2.03. The Morgan fingerprint density at radius 3 is 3.18 bits per heavy atom. The number of aliphatic hydroxyl groups excluding tert-OH is 1. The summed E-state index contributed by atoms with van der Waals surface area (Å²) in [5, 5.41) is 8.97. The number of aromatic nitrogens is 4. The number of alkyl halides is 1. The molecule has 1 saturated heterocycles. The van der Waals surface area contributed by atoms with Crippen molar-refractivity contribution in [2.45, 2.75) is 24.9 Å². The predicted molar refractivity (Wildman–Crippen MR) is 55.8 cm³/mol. The topological polar surface area (TPSA) is 73.1 Å². The maximum atomic E-state index is 13.8. The van der Waals surface area contributed by atoms with Crippen LogP contribution >= 0.6 is 0 Å². The zero-order valence-electron chi connectivity index (χ0n) is 8.90. The summed E-state index contributed by atoms with van der Waals surface area (Å²) in [6.07, 6.45) is 2.21. The van der Waals surface area contributed by atoms with Crippen molar-refractivity contribution in [1.29, 1.82) is 0 Å². The monoisotopic (exact) mass is 238 g/mol. The van der Waals surface area contributed by atoms with Crippen molar-refractivity contribution in [2.75, 3.05) is 6.61 Å². The van der Waals surface area contributed by atoms with Crippen LogP contribution in [-0.2, 0) is 4.74 Å². The van der Waals surface area contributed by atoms with Crippen molar-refractivity contribution in [3.8, 4) is 0 Å². The summed E-state index contributed by atoms with van der Waals surface area (Å²) in [4.78, 5) is 12.0. The summed E-state index contributed by atoms with van der Waals surface area (Å²) in [5.41, 5.74) is 1.13. The molecule has 0 bridgehead atoms. The molecule has 6 nitrogen and oxygen atoms in total. The molecule has 1 aliphatic heterocycles. The van der Waals surface area contributed by atoms with Gasteiger partial charge < -0.3 is 9.84 Å². The first-order chi connectivity index (χ1) is 8.29. The van der Waals surface area contributed by atoms with E-state index in [1.54, 1.807) is 6.20 Å². The lowest BCUT2D eigenvalue weighted by molar-refractivity contribution is -0.0351. The second kappa shape index (κ2) is 4.01. The summed E-state index contributed by atoms with van der Waals surface area (Å²) in [5.74, 6) is 0. The number of hydrogen-bond donors (Lipinski definition) is 1. The fourth-order valence-corrected chi connectivity index (χ4v) is 2.03. The summed E-state index contributed by atoms with van der Waals surface area (Å²) in [7, 11) is 0. The van der Waals surface area contributed by atoms with Gasteiger partial charge in [0.05, 0.1) is 25.2 Å². The van der Waals surface area contributed by atoms with Gasteiger partial charge in [0.25, 0.3) is 0 Å². The van der Waals surface area contributed by atoms with Gasteiger partial charge in [-0.3, -0.25) is 4.57 Å². The third-order valence-electron chi connectivity index (χ3n) is 2.85. The van der Waals surface area contributed by atoms with E-state index in [0.29, 0.717) is 11.2 Å². The highest BCUT2D eigenvalue weighted by Crippen LogP contribution is 2.32. The molecule has 3 atom stereocenters. The van der Waals surface area contributed by atoms with E-state index in [2.05, 4.69) is 15.0 Å². The average molecular weight is 238 g/mol. The van der Waals surface area contributed by atoms with Crippen molar-refractivity contribution < 1.29 is 14.2 Å². The van der Waals surface area contributed by atoms with Gasteiger partial charge in [0.15, 0.2) is 11.9 Å². The minimum atomic E-state index is -1.17. The van der Waals surface area contributed by atoms with Crippen LogP contribution in [0.5, 0.6) is 0 Å². The van der Waals surface area contributed by atoms with Gasteiger partial charge in [-0.05, 0) is 0 Å². The van der Waals surface area contributed by atoms with Crippen LogP contribution in [0.1, 0.15) is 12.6 Å². The zero-order valence-corrected chi connectivity index (χ0v) is 8.90. The van der Waals surface area contributed by atoms with Gasteiger partial charge in [-0.15, -0.1) is 0 Å². The molecule has 0 aliphatic carbocycles. The maximum Gasteiger partial charge on any atom is 0.168 e. The number of nitrogens with zero attached hydrogens (tertiary/aromatic N) is 4. The normalized spacial score (nSPS) is 28.9. The van der Waals surface area contributed by atoms with E-state index in [1.807, 2.05) is 0 Å². The van der Waals surface area contributed by atoms with E-state index in [-0.39, 0.29) is 13.0 Å². The number of halogens is 1. The van der Waals surface area contributed by atoms with Crippen LogP contribution in [0.25, 0.3) is 11.2 Å². The molecule has 0 spiro atoms. The van der Waals surface area contributed by atoms with Crippen LogP contribution in [0.4, 0.5) is 4.39 Å². The third-order valence-corrected chi connectivity index (χ3v) is 2.85. The Balaban J connectivity index is 1.99. The van der Waals surface area contributed by atoms with Crippen molar-refractivity contribution in [3.63, 3.8) is 0 Å². The number of imidazole rings is 1. The van der Waals surface area contributed by atoms with Crippen molar-refractivity contribution in [2.24, 2.45) is 0 Å². The second-order valence-corrected chi connectivity index (χ2v) is 3.97. The van der Waals surface area contributed by atoms with E-state index in [4.69, 9.17) is 9.84 Å². The molecule has 0 radical (unpaired) electrons. The Morgan fingerprint density at radius 1 is 1.53 bits per heavy atom. The van der Waals surface area contributed by atoms with Crippen LogP contribution in [0, 0.1) is 0 Å². The molecule has 0 saturated carbocycles. The molecule has 1 aliphatic rings. The van der Waals surface area contributed by atoms with Crippen LogP contribution in [0.3, 0.4) is 0 Å². The molecule has 0 amide bonds. The van der Waals surface area contributed by atoms with E-state index >= 15 is 0 Å². The number of rotatable bonds is 2. The van der Waals surface area contributed by atoms with Gasteiger partial charge in [0, 0.05) is 6.42 Å². The standard InChI is InChI=1S/C10H11FN4O2/c11-7-1-6(3-16)17-10(7)15-5-14-8-2-12-4-13-9(8)15/h2,4-7,10,16H,1,3H2/t6-,7-,10+/m0/s1. The highest BCUT2D eigenvalue weighted by Gasteiger charge is 2.37. The molecule has 3 heterocycles. The number of hydrogen-bond acceptors (Lipinski definition) is 5. The first-order valence-corrected chi connectivity index (χ1v) is 5.32. The van der Waals surface area contributed by atoms with Gasteiger partial charge >= 0.3 is 0 Å². The Kier molecular flexibility index (Phi) is 2.49. The van der Waals surface area contributed by atoms with Crippen molar-refractivity contribution in [1.82, 2.24) is 19.5 Å². The van der Waals surface area contributed by atoms with Gasteiger partial charge in [0.1, 0.15) is 18.0 Å². The van der Waals surface area contributed by atoms with Crippen LogP contribution < -0.4 is 0 Å². The first-order valence-electron chi connectivity index (χ1n) is 5.32. The van der Waals surface area contributed by atoms with Gasteiger partial charge in [-0.25, -0.2) is 19.3 Å². The Morgan fingerprint density at radius 2 is 2.41 bits per heavy atom. The SMILES string of the molecule is OC[C@@H]1C[C@H](F)[C@H](n2cnc3cncnc32)O1. The van der Waals surface area contributed by atoms with E-state index in [9.17, 15) is 4.39 Å². The van der Waals surface area contributed by atoms with Gasteiger partial charge in [0.2, 0.25) is 0 Å². The first kappa shape index (κ1) is 10.5. The predicted octanol–water partition coefficient (Wildman–Crippen LogP) is 0.444. The van der Waals surface area contributed by atoms with Crippen LogP contribution in [0.15, 0.2) is 18.9 Å². The van der Waals surface area contributed by atoms with E-state index < -0.39 is 18.5 Å². The lowest BCUT2D eigenvalue weighted by atomic mass is 10.2. The number of ether oxygens (including phenoxy) is 1. The fraction of sp³-hybridized carbons (Fsp3) is 0.500. The quantitative estimate of drug-likeness (QED) is 0.822. The molecular formula is C10H11FN4O2. The molecular weight excluding hydrogens is 227 g/mol. The number of fused-ring (bicyclic) bond motifs is 1. The minimum absolute atomic E-state index is 0.182. The summed E-state index contributed by atoms with van der Waals surface area (Å²) in [6.45, 7) is -0.182. The maximum absolute atomic E-state index is 13.8. The van der Waals surface area contributed by atoms with Crippen LogP contribution in [-0.4, -0.2) is 43.5 Å². The molecule has 0 aromatic carbocycles. The van der Waals surface area contributed by atoms with E-state index in [1.165, 1.54) is 17.2 Å². The molecule has 3 rings (SSSR count). The molecule has 1 fully saturated rings. The highest BCUT2D eigenvalue weighted by atomic mass is 19.1. The molecule has 2 aromatic heterocycles. The number of aliphatic hydroxyl groups is 1. The van der Waals surface area contributed by atoms with Gasteiger partial charge in [-0.2, -0.15) is 0 Å². The lowest BCUT2D eigenvalue weighted by Crippen LogP contribution is -2.16. The largest absolute Gasteiger partial charge is 0.394 e. The molecule has 2 aromatic rings. The highest BCUT2D eigenvalue weighted by molar-refractivity contribution is 5.68. The zero-order chi connectivity index (χ0) is 11.8. The Bertz CT molecular complexity index is 532. The second-order valence-electron chi connectivity index (χ2n) is 3.97. The Labute approximate surface area is 96.1 Å². The molecule has 0 unspecified atom stereocenters. The van der Waals surface area contributed by atoms with Crippen LogP contribution in [0.2, 0.25) is 0 Å².